The van der Waals surface area contributed by atoms with E-state index >= 15 is 0 Å². The molecule has 0 radical (unpaired) electrons. The number of aliphatic carboxylic acids is 1. The van der Waals surface area contributed by atoms with Crippen molar-refractivity contribution in [2.24, 2.45) is 5.41 Å². The molecule has 2 aromatic heterocycles. The predicted molar refractivity (Wildman–Crippen MR) is 138 cm³/mol. The van der Waals surface area contributed by atoms with Crippen LogP contribution in [-0.4, -0.2) is 49.7 Å². The van der Waals surface area contributed by atoms with Crippen molar-refractivity contribution in [3.05, 3.63) is 58.8 Å². The number of halogens is 2. The Hall–Kier alpha value is -3.08. The lowest BCUT2D eigenvalue weighted by molar-refractivity contribution is -0.149. The Bertz CT molecular complexity index is 1410. The quantitative estimate of drug-likeness (QED) is 0.423. The standard InChI is InChI=1S/C24H24Cl2N4O5S/c1-24(23(31)32)5-9-30(10-6-24)21-14-17(4-8-28-21)36(33,34)29-20-11-15(3-7-27-20)18-12-16(35-2)13-19(25)22(18)26/h3-4,7-8,11-14H,5-6,9-10H2,1-2H3,(H,27,29)(H,31,32). The van der Waals surface area contributed by atoms with Gasteiger partial charge in [-0.2, -0.15) is 0 Å². The molecule has 1 saturated heterocycles. The molecule has 12 heteroatoms. The average Bonchev–Trinajstić information content (AvgIpc) is 2.86. The molecule has 0 unspecified atom stereocenters. The van der Waals surface area contributed by atoms with Crippen LogP contribution in [0.25, 0.3) is 11.1 Å². The van der Waals surface area contributed by atoms with Gasteiger partial charge in [0.2, 0.25) is 0 Å². The fourth-order valence-corrected chi connectivity index (χ4v) is 5.36. The number of hydrogen-bond acceptors (Lipinski definition) is 7. The number of hydrogen-bond donors (Lipinski definition) is 2. The zero-order chi connectivity index (χ0) is 26.1. The van der Waals surface area contributed by atoms with Crippen LogP contribution in [-0.2, 0) is 14.8 Å². The van der Waals surface area contributed by atoms with Crippen LogP contribution < -0.4 is 14.4 Å². The molecule has 1 aromatic carbocycles. The van der Waals surface area contributed by atoms with E-state index in [-0.39, 0.29) is 10.7 Å². The molecule has 0 saturated carbocycles. The van der Waals surface area contributed by atoms with E-state index in [2.05, 4.69) is 14.7 Å². The van der Waals surface area contributed by atoms with Gasteiger partial charge in [0.25, 0.3) is 10.0 Å². The molecule has 1 fully saturated rings. The molecular formula is C24H24Cl2N4O5S. The number of carboxylic acids is 1. The van der Waals surface area contributed by atoms with Gasteiger partial charge in [0.15, 0.2) is 0 Å². The molecule has 3 aromatic rings. The van der Waals surface area contributed by atoms with E-state index in [4.69, 9.17) is 27.9 Å². The molecule has 0 spiro atoms. The lowest BCUT2D eigenvalue weighted by atomic mass is 9.80. The van der Waals surface area contributed by atoms with Crippen molar-refractivity contribution in [1.82, 2.24) is 9.97 Å². The van der Waals surface area contributed by atoms with Crippen LogP contribution >= 0.6 is 23.2 Å². The van der Waals surface area contributed by atoms with Crippen LogP contribution in [0.15, 0.2) is 53.7 Å². The van der Waals surface area contributed by atoms with Crippen LogP contribution in [0.3, 0.4) is 0 Å². The highest BCUT2D eigenvalue weighted by molar-refractivity contribution is 7.92. The molecule has 1 aliphatic rings. The second kappa shape index (κ2) is 10.1. The molecule has 36 heavy (non-hydrogen) atoms. The third kappa shape index (κ3) is 5.35. The first-order valence-corrected chi connectivity index (χ1v) is 13.2. The first-order chi connectivity index (χ1) is 17.0. The van der Waals surface area contributed by atoms with Crippen molar-refractivity contribution < 1.29 is 23.1 Å². The summed E-state index contributed by atoms with van der Waals surface area (Å²) in [5.41, 5.74) is 0.362. The number of carbonyl (C=O) groups is 1. The number of nitrogens with one attached hydrogen (secondary N) is 1. The van der Waals surface area contributed by atoms with E-state index in [1.165, 1.54) is 31.6 Å². The summed E-state index contributed by atoms with van der Waals surface area (Å²) in [5, 5.41) is 10.0. The summed E-state index contributed by atoms with van der Waals surface area (Å²) in [6.45, 7) is 2.64. The van der Waals surface area contributed by atoms with E-state index in [0.717, 1.165) is 0 Å². The SMILES string of the molecule is COc1cc(Cl)c(Cl)c(-c2ccnc(NS(=O)(=O)c3ccnc(N4CCC(C)(C(=O)O)CC4)c3)c2)c1. The van der Waals surface area contributed by atoms with Crippen molar-refractivity contribution in [3.8, 4) is 16.9 Å². The third-order valence-corrected chi connectivity index (χ3v) is 8.44. The van der Waals surface area contributed by atoms with Crippen molar-refractivity contribution >= 4 is 50.8 Å². The molecule has 0 bridgehead atoms. The summed E-state index contributed by atoms with van der Waals surface area (Å²) in [7, 11) is -2.49. The molecule has 0 aliphatic carbocycles. The van der Waals surface area contributed by atoms with E-state index in [1.54, 1.807) is 31.2 Å². The minimum absolute atomic E-state index is 0.00808. The summed E-state index contributed by atoms with van der Waals surface area (Å²) in [5.74, 6) is 0.229. The number of piperidine rings is 1. The van der Waals surface area contributed by atoms with Crippen LogP contribution in [0.5, 0.6) is 5.75 Å². The van der Waals surface area contributed by atoms with Gasteiger partial charge in [-0.3, -0.25) is 9.52 Å². The normalized spacial score (nSPS) is 15.4. The number of pyridine rings is 2. The maximum absolute atomic E-state index is 13.2. The second-order valence-electron chi connectivity index (χ2n) is 8.71. The van der Waals surface area contributed by atoms with Gasteiger partial charge in [-0.25, -0.2) is 18.4 Å². The minimum Gasteiger partial charge on any atom is -0.497 e. The van der Waals surface area contributed by atoms with Crippen LogP contribution in [0.1, 0.15) is 19.8 Å². The Morgan fingerprint density at radius 3 is 2.47 bits per heavy atom. The van der Waals surface area contributed by atoms with E-state index in [1.807, 2.05) is 4.90 Å². The van der Waals surface area contributed by atoms with Crippen LogP contribution in [0, 0.1) is 5.41 Å². The van der Waals surface area contributed by atoms with Crippen LogP contribution in [0.4, 0.5) is 11.6 Å². The number of nitrogens with zero attached hydrogens (tertiary/aromatic N) is 3. The van der Waals surface area contributed by atoms with E-state index < -0.39 is 21.4 Å². The maximum Gasteiger partial charge on any atom is 0.309 e. The number of rotatable bonds is 7. The van der Waals surface area contributed by atoms with Gasteiger partial charge in [0.1, 0.15) is 17.4 Å². The number of aromatic nitrogens is 2. The zero-order valence-electron chi connectivity index (χ0n) is 19.5. The average molecular weight is 551 g/mol. The van der Waals surface area contributed by atoms with Crippen molar-refractivity contribution in [1.29, 1.82) is 0 Å². The number of benzene rings is 1. The number of ether oxygens (including phenoxy) is 1. The minimum atomic E-state index is -4.00. The Balaban J connectivity index is 1.57. The van der Waals surface area contributed by atoms with Gasteiger partial charge < -0.3 is 14.7 Å². The first kappa shape index (κ1) is 26.0. The lowest BCUT2D eigenvalue weighted by Gasteiger charge is -2.37. The molecule has 4 rings (SSSR count). The fraction of sp³-hybridized carbons (Fsp3) is 0.292. The van der Waals surface area contributed by atoms with Gasteiger partial charge in [-0.05, 0) is 49.6 Å². The molecule has 190 valence electrons. The summed E-state index contributed by atoms with van der Waals surface area (Å²) >= 11 is 12.6. The Morgan fingerprint density at radius 2 is 1.81 bits per heavy atom. The number of sulfonamides is 1. The Labute approximate surface area is 219 Å². The largest absolute Gasteiger partial charge is 0.497 e. The van der Waals surface area contributed by atoms with Crippen molar-refractivity contribution in [3.63, 3.8) is 0 Å². The predicted octanol–water partition coefficient (Wildman–Crippen LogP) is 4.95. The molecule has 9 nitrogen and oxygen atoms in total. The summed E-state index contributed by atoms with van der Waals surface area (Å²) < 4.78 is 34.1. The number of methoxy groups -OCH3 is 1. The van der Waals surface area contributed by atoms with Gasteiger partial charge in [0.05, 0.1) is 27.5 Å². The van der Waals surface area contributed by atoms with E-state index in [9.17, 15) is 18.3 Å². The summed E-state index contributed by atoms with van der Waals surface area (Å²) in [4.78, 5) is 21.8. The van der Waals surface area contributed by atoms with E-state index in [0.29, 0.717) is 58.7 Å². The summed E-state index contributed by atoms with van der Waals surface area (Å²) in [6, 6.07) is 9.37. The number of anilines is 2. The van der Waals surface area contributed by atoms with Crippen LogP contribution in [0.2, 0.25) is 10.0 Å². The van der Waals surface area contributed by atoms with Crippen molar-refractivity contribution in [2.75, 3.05) is 29.8 Å². The van der Waals surface area contributed by atoms with Crippen molar-refractivity contribution in [2.45, 2.75) is 24.7 Å². The van der Waals surface area contributed by atoms with Gasteiger partial charge in [-0.1, -0.05) is 23.2 Å². The zero-order valence-corrected chi connectivity index (χ0v) is 21.9. The molecule has 0 amide bonds. The monoisotopic (exact) mass is 550 g/mol. The molecule has 3 heterocycles. The second-order valence-corrected chi connectivity index (χ2v) is 11.2. The topological polar surface area (TPSA) is 122 Å². The first-order valence-electron chi connectivity index (χ1n) is 11.0. The Morgan fingerprint density at radius 1 is 1.11 bits per heavy atom. The summed E-state index contributed by atoms with van der Waals surface area (Å²) in [6.07, 6.45) is 3.75. The number of carboxylic acid groups (broad SMARTS) is 1. The van der Waals surface area contributed by atoms with Gasteiger partial charge in [0, 0.05) is 43.2 Å². The highest BCUT2D eigenvalue weighted by atomic mass is 35.5. The fourth-order valence-electron chi connectivity index (χ4n) is 3.93. The lowest BCUT2D eigenvalue weighted by Crippen LogP contribution is -2.43. The molecule has 0 atom stereocenters. The smallest absolute Gasteiger partial charge is 0.309 e. The Kier molecular flexibility index (Phi) is 7.31. The molecule has 1 aliphatic heterocycles. The third-order valence-electron chi connectivity index (χ3n) is 6.28. The molecular weight excluding hydrogens is 527 g/mol. The highest BCUT2D eigenvalue weighted by Crippen LogP contribution is 2.38. The highest BCUT2D eigenvalue weighted by Gasteiger charge is 2.37. The maximum atomic E-state index is 13.2. The van der Waals surface area contributed by atoms with Gasteiger partial charge >= 0.3 is 5.97 Å². The molecule has 2 N–H and O–H groups in total. The van der Waals surface area contributed by atoms with Gasteiger partial charge in [-0.15, -0.1) is 0 Å².